The van der Waals surface area contributed by atoms with E-state index in [9.17, 15) is 0 Å². The average Bonchev–Trinajstić information content (AvgIpc) is 3.11. The van der Waals surface area contributed by atoms with E-state index >= 15 is 0 Å². The van der Waals surface area contributed by atoms with Gasteiger partial charge < -0.3 is 0 Å². The summed E-state index contributed by atoms with van der Waals surface area (Å²) < 4.78 is 0. The van der Waals surface area contributed by atoms with Crippen molar-refractivity contribution in [1.29, 1.82) is 0 Å². The van der Waals surface area contributed by atoms with Gasteiger partial charge in [0.1, 0.15) is 12.2 Å². The summed E-state index contributed by atoms with van der Waals surface area (Å²) in [6.45, 7) is 10.7. The van der Waals surface area contributed by atoms with Crippen molar-refractivity contribution in [3.8, 4) is 0 Å². The van der Waals surface area contributed by atoms with Crippen LogP contribution in [0.25, 0.3) is 0 Å². The summed E-state index contributed by atoms with van der Waals surface area (Å²) >= 11 is 1.80. The van der Waals surface area contributed by atoms with Crippen LogP contribution >= 0.6 is 11.3 Å². The summed E-state index contributed by atoms with van der Waals surface area (Å²) in [7, 11) is 0. The Hall–Kier alpha value is -2.21. The first-order valence-electron chi connectivity index (χ1n) is 8.91. The molecule has 26 heavy (non-hydrogen) atoms. The number of thiazole rings is 1. The molecule has 0 N–H and O–H groups in total. The predicted octanol–water partition coefficient (Wildman–Crippen LogP) is 4.52. The van der Waals surface area contributed by atoms with Crippen molar-refractivity contribution >= 4 is 11.3 Å². The standard InChI is InChI=1S/C20H25N5S/c1-13(2)18-22-11-16(26-18)8-14(3)15-9-23-19(24-10-15)20(4,5)17-6-7-21-12-25-17/h6-7,9-14H,8H2,1-5H3. The van der Waals surface area contributed by atoms with Crippen LogP contribution in [-0.4, -0.2) is 24.9 Å². The van der Waals surface area contributed by atoms with Crippen LogP contribution in [0.15, 0.2) is 37.2 Å². The monoisotopic (exact) mass is 367 g/mol. The zero-order valence-electron chi connectivity index (χ0n) is 16.0. The summed E-state index contributed by atoms with van der Waals surface area (Å²) in [5.74, 6) is 1.61. The topological polar surface area (TPSA) is 64.5 Å². The molecule has 0 fully saturated rings. The van der Waals surface area contributed by atoms with Crippen LogP contribution in [-0.2, 0) is 11.8 Å². The molecule has 3 aromatic heterocycles. The lowest BCUT2D eigenvalue weighted by Crippen LogP contribution is -2.24. The van der Waals surface area contributed by atoms with Crippen LogP contribution in [0.3, 0.4) is 0 Å². The third-order valence-corrected chi connectivity index (χ3v) is 5.92. The average molecular weight is 368 g/mol. The van der Waals surface area contributed by atoms with Gasteiger partial charge in [0.15, 0.2) is 0 Å². The molecule has 1 atom stereocenters. The summed E-state index contributed by atoms with van der Waals surface area (Å²) in [4.78, 5) is 23.5. The van der Waals surface area contributed by atoms with E-state index in [0.29, 0.717) is 11.8 Å². The molecule has 3 heterocycles. The lowest BCUT2D eigenvalue weighted by atomic mass is 9.88. The molecule has 0 spiro atoms. The molecule has 6 heteroatoms. The maximum atomic E-state index is 4.64. The number of hydrogen-bond donors (Lipinski definition) is 0. The lowest BCUT2D eigenvalue weighted by Gasteiger charge is -2.22. The molecular weight excluding hydrogens is 342 g/mol. The second-order valence-electron chi connectivity index (χ2n) is 7.48. The van der Waals surface area contributed by atoms with Gasteiger partial charge in [-0.05, 0) is 37.8 Å². The number of nitrogens with zero attached hydrogens (tertiary/aromatic N) is 5. The molecule has 0 aromatic carbocycles. The van der Waals surface area contributed by atoms with E-state index < -0.39 is 0 Å². The van der Waals surface area contributed by atoms with Gasteiger partial charge in [0.2, 0.25) is 0 Å². The van der Waals surface area contributed by atoms with Crippen LogP contribution in [0.5, 0.6) is 0 Å². The minimum atomic E-state index is -0.353. The molecule has 0 aliphatic carbocycles. The molecule has 0 radical (unpaired) electrons. The molecule has 0 aliphatic heterocycles. The van der Waals surface area contributed by atoms with Gasteiger partial charge >= 0.3 is 0 Å². The summed E-state index contributed by atoms with van der Waals surface area (Å²) in [5.41, 5.74) is 1.71. The highest BCUT2D eigenvalue weighted by molar-refractivity contribution is 7.11. The highest BCUT2D eigenvalue weighted by Crippen LogP contribution is 2.29. The van der Waals surface area contributed by atoms with Crippen molar-refractivity contribution in [2.24, 2.45) is 0 Å². The van der Waals surface area contributed by atoms with Gasteiger partial charge in [-0.3, -0.25) is 0 Å². The molecule has 5 nitrogen and oxygen atoms in total. The smallest absolute Gasteiger partial charge is 0.139 e. The van der Waals surface area contributed by atoms with E-state index in [1.807, 2.05) is 24.7 Å². The largest absolute Gasteiger partial charge is 0.249 e. The first-order chi connectivity index (χ1) is 12.4. The second-order valence-corrected chi connectivity index (χ2v) is 8.63. The van der Waals surface area contributed by atoms with E-state index in [2.05, 4.69) is 59.5 Å². The van der Waals surface area contributed by atoms with Gasteiger partial charge in [0.05, 0.1) is 16.1 Å². The summed E-state index contributed by atoms with van der Waals surface area (Å²) in [6.07, 6.45) is 10.2. The zero-order valence-corrected chi connectivity index (χ0v) is 16.8. The minimum absolute atomic E-state index is 0.353. The zero-order chi connectivity index (χ0) is 18.7. The van der Waals surface area contributed by atoms with Crippen molar-refractivity contribution in [3.05, 3.63) is 64.1 Å². The number of aromatic nitrogens is 5. The summed E-state index contributed by atoms with van der Waals surface area (Å²) in [5, 5.41) is 1.20. The normalized spacial score (nSPS) is 13.2. The Morgan fingerprint density at radius 2 is 1.73 bits per heavy atom. The maximum Gasteiger partial charge on any atom is 0.139 e. The molecule has 3 aromatic rings. The Bertz CT molecular complexity index is 840. The Labute approximate surface area is 159 Å². The Balaban J connectivity index is 1.74. The fourth-order valence-electron chi connectivity index (χ4n) is 2.79. The SMILES string of the molecule is CC(C)c1ncc(CC(C)c2cnc(C(C)(C)c3ccncn3)nc2)s1. The lowest BCUT2D eigenvalue weighted by molar-refractivity contribution is 0.565. The Kier molecular flexibility index (Phi) is 5.41. The Morgan fingerprint density at radius 3 is 2.31 bits per heavy atom. The first-order valence-corrected chi connectivity index (χ1v) is 9.73. The van der Waals surface area contributed by atoms with Gasteiger partial charge in [-0.15, -0.1) is 11.3 Å². The van der Waals surface area contributed by atoms with Gasteiger partial charge in [0.25, 0.3) is 0 Å². The molecule has 3 rings (SSSR count). The van der Waals surface area contributed by atoms with Crippen molar-refractivity contribution in [2.75, 3.05) is 0 Å². The van der Waals surface area contributed by atoms with Crippen molar-refractivity contribution in [3.63, 3.8) is 0 Å². The quantitative estimate of drug-likeness (QED) is 0.641. The predicted molar refractivity (Wildman–Crippen MR) is 105 cm³/mol. The molecule has 136 valence electrons. The van der Waals surface area contributed by atoms with E-state index in [1.54, 1.807) is 23.9 Å². The number of rotatable bonds is 6. The van der Waals surface area contributed by atoms with Crippen LogP contribution in [0, 0.1) is 0 Å². The molecule has 1 unspecified atom stereocenters. The number of hydrogen-bond acceptors (Lipinski definition) is 6. The molecule has 0 bridgehead atoms. The van der Waals surface area contributed by atoms with Crippen LogP contribution in [0.1, 0.15) is 73.4 Å². The molecule has 0 amide bonds. The van der Waals surface area contributed by atoms with Crippen molar-refractivity contribution < 1.29 is 0 Å². The van der Waals surface area contributed by atoms with Gasteiger partial charge in [-0.25, -0.2) is 24.9 Å². The minimum Gasteiger partial charge on any atom is -0.249 e. The van der Waals surface area contributed by atoms with Gasteiger partial charge in [-0.2, -0.15) is 0 Å². The maximum absolute atomic E-state index is 4.64. The molecular formula is C20H25N5S. The van der Waals surface area contributed by atoms with Crippen LogP contribution < -0.4 is 0 Å². The van der Waals surface area contributed by atoms with Gasteiger partial charge in [0, 0.05) is 35.6 Å². The molecule has 0 saturated carbocycles. The fraction of sp³-hybridized carbons (Fsp3) is 0.450. The summed E-state index contributed by atoms with van der Waals surface area (Å²) in [6, 6.07) is 1.91. The van der Waals surface area contributed by atoms with E-state index in [1.165, 1.54) is 9.88 Å². The van der Waals surface area contributed by atoms with Crippen LogP contribution in [0.4, 0.5) is 0 Å². The molecule has 0 aliphatic rings. The highest BCUT2D eigenvalue weighted by atomic mass is 32.1. The van der Waals surface area contributed by atoms with Crippen molar-refractivity contribution in [2.45, 2.75) is 58.3 Å². The van der Waals surface area contributed by atoms with E-state index in [0.717, 1.165) is 23.5 Å². The first kappa shape index (κ1) is 18.6. The van der Waals surface area contributed by atoms with Crippen LogP contribution in [0.2, 0.25) is 0 Å². The van der Waals surface area contributed by atoms with E-state index in [-0.39, 0.29) is 5.41 Å². The highest BCUT2D eigenvalue weighted by Gasteiger charge is 2.28. The third kappa shape index (κ3) is 3.96. The molecule has 0 saturated heterocycles. The van der Waals surface area contributed by atoms with Gasteiger partial charge in [-0.1, -0.05) is 20.8 Å². The van der Waals surface area contributed by atoms with E-state index in [4.69, 9.17) is 0 Å². The fourth-order valence-corrected chi connectivity index (χ4v) is 3.84. The van der Waals surface area contributed by atoms with Crippen molar-refractivity contribution in [1.82, 2.24) is 24.9 Å². The third-order valence-electron chi connectivity index (χ3n) is 4.59. The second kappa shape index (κ2) is 7.58. The Morgan fingerprint density at radius 1 is 1.00 bits per heavy atom.